The standard InChI is InChI=1S/C11H22O5/c1-8(13-4)5-14-10(7-12-3)11-15-6-9(2)16-11/h8-11H,5-7H2,1-4H3. The summed E-state index contributed by atoms with van der Waals surface area (Å²) in [6, 6.07) is 0. The van der Waals surface area contributed by atoms with Crippen molar-refractivity contribution in [2.75, 3.05) is 34.0 Å². The molecular weight excluding hydrogens is 212 g/mol. The number of hydrogen-bond donors (Lipinski definition) is 0. The minimum absolute atomic E-state index is 0.0539. The van der Waals surface area contributed by atoms with E-state index in [4.69, 9.17) is 23.7 Å². The molecule has 0 aromatic rings. The Labute approximate surface area is 97.0 Å². The number of ether oxygens (including phenoxy) is 5. The van der Waals surface area contributed by atoms with Gasteiger partial charge in [-0.2, -0.15) is 0 Å². The lowest BCUT2D eigenvalue weighted by atomic mass is 10.3. The van der Waals surface area contributed by atoms with Gasteiger partial charge in [-0.25, -0.2) is 0 Å². The molecule has 0 aromatic carbocycles. The van der Waals surface area contributed by atoms with Crippen LogP contribution in [0.4, 0.5) is 0 Å². The van der Waals surface area contributed by atoms with Crippen LogP contribution < -0.4 is 0 Å². The fraction of sp³-hybridized carbons (Fsp3) is 1.00. The second kappa shape index (κ2) is 7.19. The Hall–Kier alpha value is -0.200. The summed E-state index contributed by atoms with van der Waals surface area (Å²) >= 11 is 0. The highest BCUT2D eigenvalue weighted by molar-refractivity contribution is 4.70. The minimum Gasteiger partial charge on any atom is -0.382 e. The summed E-state index contributed by atoms with van der Waals surface area (Å²) in [7, 11) is 3.29. The van der Waals surface area contributed by atoms with Gasteiger partial charge in [-0.3, -0.25) is 0 Å². The molecule has 1 fully saturated rings. The predicted molar refractivity (Wildman–Crippen MR) is 58.4 cm³/mol. The van der Waals surface area contributed by atoms with E-state index in [1.165, 1.54) is 0 Å². The van der Waals surface area contributed by atoms with E-state index in [1.807, 2.05) is 13.8 Å². The number of rotatable bonds is 7. The molecule has 0 radical (unpaired) electrons. The Bertz CT molecular complexity index is 187. The summed E-state index contributed by atoms with van der Waals surface area (Å²) < 4.78 is 26.9. The van der Waals surface area contributed by atoms with Gasteiger partial charge in [-0.15, -0.1) is 0 Å². The lowest BCUT2D eigenvalue weighted by molar-refractivity contribution is -0.174. The van der Waals surface area contributed by atoms with E-state index in [9.17, 15) is 0 Å². The van der Waals surface area contributed by atoms with Crippen LogP contribution in [-0.2, 0) is 23.7 Å². The van der Waals surface area contributed by atoms with Gasteiger partial charge in [-0.1, -0.05) is 0 Å². The predicted octanol–water partition coefficient (Wildman–Crippen LogP) is 0.814. The summed E-state index contributed by atoms with van der Waals surface area (Å²) in [6.07, 6.45) is -0.363. The molecule has 0 amide bonds. The molecule has 1 aliphatic rings. The van der Waals surface area contributed by atoms with Crippen LogP contribution in [0.25, 0.3) is 0 Å². The van der Waals surface area contributed by atoms with Crippen molar-refractivity contribution in [3.8, 4) is 0 Å². The zero-order valence-electron chi connectivity index (χ0n) is 10.5. The third kappa shape index (κ3) is 4.35. The smallest absolute Gasteiger partial charge is 0.186 e. The zero-order valence-corrected chi connectivity index (χ0v) is 10.5. The molecule has 4 atom stereocenters. The van der Waals surface area contributed by atoms with E-state index < -0.39 is 0 Å². The van der Waals surface area contributed by atoms with E-state index in [0.717, 1.165) is 0 Å². The van der Waals surface area contributed by atoms with E-state index in [0.29, 0.717) is 19.8 Å². The van der Waals surface area contributed by atoms with Crippen LogP contribution in [0.15, 0.2) is 0 Å². The van der Waals surface area contributed by atoms with Crippen molar-refractivity contribution in [2.45, 2.75) is 38.4 Å². The first-order valence-electron chi connectivity index (χ1n) is 5.57. The van der Waals surface area contributed by atoms with Gasteiger partial charge < -0.3 is 23.7 Å². The molecule has 5 heteroatoms. The van der Waals surface area contributed by atoms with Crippen molar-refractivity contribution in [3.63, 3.8) is 0 Å². The Kier molecular flexibility index (Phi) is 6.23. The van der Waals surface area contributed by atoms with Crippen LogP contribution in [0.5, 0.6) is 0 Å². The lowest BCUT2D eigenvalue weighted by Gasteiger charge is -2.23. The van der Waals surface area contributed by atoms with Crippen molar-refractivity contribution in [1.29, 1.82) is 0 Å². The van der Waals surface area contributed by atoms with Crippen molar-refractivity contribution in [3.05, 3.63) is 0 Å². The maximum Gasteiger partial charge on any atom is 0.186 e. The van der Waals surface area contributed by atoms with Gasteiger partial charge in [0.25, 0.3) is 0 Å². The maximum atomic E-state index is 5.67. The summed E-state index contributed by atoms with van der Waals surface area (Å²) in [5, 5.41) is 0. The highest BCUT2D eigenvalue weighted by atomic mass is 16.7. The molecule has 0 spiro atoms. The molecule has 1 aliphatic heterocycles. The molecule has 1 saturated heterocycles. The third-order valence-electron chi connectivity index (χ3n) is 2.44. The molecule has 0 aromatic heterocycles. The Morgan fingerprint density at radius 1 is 1.31 bits per heavy atom. The average Bonchev–Trinajstić information content (AvgIpc) is 2.70. The molecule has 5 nitrogen and oxygen atoms in total. The van der Waals surface area contributed by atoms with Crippen LogP contribution in [0.1, 0.15) is 13.8 Å². The highest BCUT2D eigenvalue weighted by Crippen LogP contribution is 2.17. The van der Waals surface area contributed by atoms with Gasteiger partial charge in [0.15, 0.2) is 6.29 Å². The largest absolute Gasteiger partial charge is 0.382 e. The monoisotopic (exact) mass is 234 g/mol. The van der Waals surface area contributed by atoms with E-state index in [-0.39, 0.29) is 24.6 Å². The topological polar surface area (TPSA) is 46.2 Å². The van der Waals surface area contributed by atoms with Crippen molar-refractivity contribution >= 4 is 0 Å². The molecule has 16 heavy (non-hydrogen) atoms. The summed E-state index contributed by atoms with van der Waals surface area (Å²) in [5.41, 5.74) is 0. The maximum absolute atomic E-state index is 5.67. The van der Waals surface area contributed by atoms with E-state index >= 15 is 0 Å². The average molecular weight is 234 g/mol. The zero-order chi connectivity index (χ0) is 12.0. The number of methoxy groups -OCH3 is 2. The second-order valence-corrected chi connectivity index (χ2v) is 4.02. The van der Waals surface area contributed by atoms with Crippen molar-refractivity contribution in [1.82, 2.24) is 0 Å². The quantitative estimate of drug-likeness (QED) is 0.652. The Morgan fingerprint density at radius 2 is 2.06 bits per heavy atom. The lowest BCUT2D eigenvalue weighted by Crippen LogP contribution is -2.36. The van der Waals surface area contributed by atoms with Gasteiger partial charge in [0, 0.05) is 14.2 Å². The van der Waals surface area contributed by atoms with Crippen molar-refractivity contribution < 1.29 is 23.7 Å². The second-order valence-electron chi connectivity index (χ2n) is 4.02. The molecule has 0 aliphatic carbocycles. The highest BCUT2D eigenvalue weighted by Gasteiger charge is 2.31. The molecule has 0 bridgehead atoms. The summed E-state index contributed by atoms with van der Waals surface area (Å²) in [6.45, 7) is 5.48. The number of hydrogen-bond acceptors (Lipinski definition) is 5. The van der Waals surface area contributed by atoms with E-state index in [2.05, 4.69) is 0 Å². The minimum atomic E-state index is -0.334. The third-order valence-corrected chi connectivity index (χ3v) is 2.44. The van der Waals surface area contributed by atoms with Gasteiger partial charge in [0.2, 0.25) is 0 Å². The fourth-order valence-electron chi connectivity index (χ4n) is 1.43. The van der Waals surface area contributed by atoms with Crippen LogP contribution in [0, 0.1) is 0 Å². The molecule has 0 N–H and O–H groups in total. The van der Waals surface area contributed by atoms with Crippen LogP contribution in [-0.4, -0.2) is 58.6 Å². The summed E-state index contributed by atoms with van der Waals surface area (Å²) in [5.74, 6) is 0. The van der Waals surface area contributed by atoms with Gasteiger partial charge in [0.05, 0.1) is 32.0 Å². The fourth-order valence-corrected chi connectivity index (χ4v) is 1.43. The Balaban J connectivity index is 2.34. The van der Waals surface area contributed by atoms with Crippen LogP contribution in [0.3, 0.4) is 0 Å². The van der Waals surface area contributed by atoms with Gasteiger partial charge >= 0.3 is 0 Å². The molecular formula is C11H22O5. The molecule has 96 valence electrons. The molecule has 0 saturated carbocycles. The van der Waals surface area contributed by atoms with Gasteiger partial charge in [-0.05, 0) is 13.8 Å². The normalized spacial score (nSPS) is 29.2. The first kappa shape index (κ1) is 13.9. The van der Waals surface area contributed by atoms with Gasteiger partial charge in [0.1, 0.15) is 6.10 Å². The SMILES string of the molecule is COCC(OCC(C)OC)C1OCC(C)O1. The first-order valence-corrected chi connectivity index (χ1v) is 5.57. The molecule has 1 heterocycles. The molecule has 1 rings (SSSR count). The van der Waals surface area contributed by atoms with E-state index in [1.54, 1.807) is 14.2 Å². The van der Waals surface area contributed by atoms with Crippen LogP contribution >= 0.6 is 0 Å². The first-order chi connectivity index (χ1) is 7.67. The summed E-state index contributed by atoms with van der Waals surface area (Å²) in [4.78, 5) is 0. The van der Waals surface area contributed by atoms with Crippen molar-refractivity contribution in [2.24, 2.45) is 0 Å². The van der Waals surface area contributed by atoms with Crippen LogP contribution in [0.2, 0.25) is 0 Å². The molecule has 4 unspecified atom stereocenters. The Morgan fingerprint density at radius 3 is 2.56 bits per heavy atom.